The van der Waals surface area contributed by atoms with Gasteiger partial charge in [0.25, 0.3) is 5.91 Å². The van der Waals surface area contributed by atoms with E-state index >= 15 is 0 Å². The van der Waals surface area contributed by atoms with Crippen LogP contribution in [0.25, 0.3) is 0 Å². The zero-order chi connectivity index (χ0) is 18.6. The Hall–Kier alpha value is -2.02. The van der Waals surface area contributed by atoms with Gasteiger partial charge in [0.15, 0.2) is 0 Å². The molecule has 2 saturated heterocycles. The number of hydrogen-bond acceptors (Lipinski definition) is 5. The van der Waals surface area contributed by atoms with Crippen LogP contribution in [0.15, 0.2) is 41.8 Å². The van der Waals surface area contributed by atoms with Gasteiger partial charge in [-0.1, -0.05) is 24.3 Å². The number of ketones is 1. The quantitative estimate of drug-likeness (QED) is 0.744. The minimum absolute atomic E-state index is 0.0488. The Labute approximate surface area is 163 Å². The normalized spacial score (nSPS) is 20.7. The molecule has 0 N–H and O–H groups in total. The Morgan fingerprint density at radius 2 is 1.81 bits per heavy atom. The van der Waals surface area contributed by atoms with E-state index in [9.17, 15) is 9.59 Å². The van der Waals surface area contributed by atoms with Gasteiger partial charge in [0, 0.05) is 44.9 Å². The number of carbonyl (C=O) groups is 2. The first-order valence-electron chi connectivity index (χ1n) is 9.53. The summed E-state index contributed by atoms with van der Waals surface area (Å²) in [6, 6.07) is 10.8. The van der Waals surface area contributed by atoms with Crippen molar-refractivity contribution in [2.24, 2.45) is 0 Å². The van der Waals surface area contributed by atoms with E-state index < -0.39 is 0 Å². The lowest BCUT2D eigenvalue weighted by Gasteiger charge is -2.36. The second-order valence-electron chi connectivity index (χ2n) is 7.08. The van der Waals surface area contributed by atoms with Gasteiger partial charge in [-0.3, -0.25) is 14.5 Å². The van der Waals surface area contributed by atoms with Crippen molar-refractivity contribution >= 4 is 23.0 Å². The molecule has 142 valence electrons. The number of carbonyl (C=O) groups excluding carboxylic acids is 2. The molecule has 2 aromatic rings. The molecule has 6 heteroatoms. The molecule has 0 bridgehead atoms. The van der Waals surface area contributed by atoms with Crippen LogP contribution in [0.3, 0.4) is 0 Å². The lowest BCUT2D eigenvalue weighted by Crippen LogP contribution is -2.50. The van der Waals surface area contributed by atoms with Gasteiger partial charge in [-0.05, 0) is 30.4 Å². The zero-order valence-electron chi connectivity index (χ0n) is 15.3. The molecule has 2 fully saturated rings. The Kier molecular flexibility index (Phi) is 5.66. The predicted molar refractivity (Wildman–Crippen MR) is 106 cm³/mol. The number of amides is 1. The summed E-state index contributed by atoms with van der Waals surface area (Å²) >= 11 is 1.40. The maximum atomic E-state index is 13.1. The summed E-state index contributed by atoms with van der Waals surface area (Å²) < 4.78 is 5.72. The van der Waals surface area contributed by atoms with Crippen LogP contribution in [0.2, 0.25) is 0 Å². The fourth-order valence-corrected chi connectivity index (χ4v) is 4.47. The van der Waals surface area contributed by atoms with Crippen molar-refractivity contribution in [3.05, 3.63) is 57.8 Å². The molecule has 4 rings (SSSR count). The average molecular weight is 385 g/mol. The number of benzene rings is 1. The molecule has 1 amide bonds. The first-order valence-corrected chi connectivity index (χ1v) is 10.4. The van der Waals surface area contributed by atoms with Crippen molar-refractivity contribution in [2.75, 3.05) is 39.3 Å². The highest BCUT2D eigenvalue weighted by Gasteiger charge is 2.27. The number of rotatable bonds is 5. The Balaban J connectivity index is 1.42. The molecular weight excluding hydrogens is 360 g/mol. The Bertz CT molecular complexity index is 792. The molecule has 0 spiro atoms. The number of ether oxygens (including phenoxy) is 1. The van der Waals surface area contributed by atoms with Crippen LogP contribution in [-0.2, 0) is 4.74 Å². The molecule has 0 radical (unpaired) electrons. The first kappa shape index (κ1) is 18.3. The van der Waals surface area contributed by atoms with E-state index in [0.717, 1.165) is 39.1 Å². The molecule has 0 aliphatic carbocycles. The Morgan fingerprint density at radius 1 is 1.04 bits per heavy atom. The molecule has 3 heterocycles. The lowest BCUT2D eigenvalue weighted by atomic mass is 10.0. The highest BCUT2D eigenvalue weighted by molar-refractivity contribution is 7.12. The van der Waals surface area contributed by atoms with Gasteiger partial charge in [-0.25, -0.2) is 0 Å². The summed E-state index contributed by atoms with van der Waals surface area (Å²) in [5.74, 6) is -0.127. The standard InChI is InChI=1S/C21H24N2O3S/c24-20(19-8-4-14-27-19)17-6-1-2-7-18(17)21(25)23-11-9-22(10-12-23)15-16-5-3-13-26-16/h1-2,4,6-8,14,16H,3,5,9-13,15H2. The van der Waals surface area contributed by atoms with Gasteiger partial charge in [-0.2, -0.15) is 0 Å². The molecule has 2 aliphatic heterocycles. The molecule has 1 aromatic heterocycles. The van der Waals surface area contributed by atoms with Crippen molar-refractivity contribution < 1.29 is 14.3 Å². The third-order valence-electron chi connectivity index (χ3n) is 5.29. The Morgan fingerprint density at radius 3 is 2.48 bits per heavy atom. The number of piperazine rings is 1. The van der Waals surface area contributed by atoms with Crippen LogP contribution < -0.4 is 0 Å². The van der Waals surface area contributed by atoms with E-state index in [4.69, 9.17) is 4.74 Å². The SMILES string of the molecule is O=C(c1cccs1)c1ccccc1C(=O)N1CCN(CC2CCCO2)CC1. The van der Waals surface area contributed by atoms with Crippen molar-refractivity contribution in [1.29, 1.82) is 0 Å². The third-order valence-corrected chi connectivity index (χ3v) is 6.16. The van der Waals surface area contributed by atoms with Crippen molar-refractivity contribution in [2.45, 2.75) is 18.9 Å². The van der Waals surface area contributed by atoms with Crippen molar-refractivity contribution in [3.63, 3.8) is 0 Å². The van der Waals surface area contributed by atoms with Crippen LogP contribution >= 0.6 is 11.3 Å². The van der Waals surface area contributed by atoms with Crippen LogP contribution in [0.1, 0.15) is 38.4 Å². The highest BCUT2D eigenvalue weighted by Crippen LogP contribution is 2.21. The van der Waals surface area contributed by atoms with Gasteiger partial charge < -0.3 is 9.64 Å². The van der Waals surface area contributed by atoms with Crippen LogP contribution in [0.4, 0.5) is 0 Å². The summed E-state index contributed by atoms with van der Waals surface area (Å²) in [6.45, 7) is 4.91. The summed E-state index contributed by atoms with van der Waals surface area (Å²) in [7, 11) is 0. The fourth-order valence-electron chi connectivity index (χ4n) is 3.79. The van der Waals surface area contributed by atoms with E-state index in [1.54, 1.807) is 18.2 Å². The van der Waals surface area contributed by atoms with Gasteiger partial charge in [0.2, 0.25) is 5.78 Å². The number of nitrogens with zero attached hydrogens (tertiary/aromatic N) is 2. The minimum atomic E-state index is -0.0778. The molecule has 0 saturated carbocycles. The third kappa shape index (κ3) is 4.13. The summed E-state index contributed by atoms with van der Waals surface area (Å²) in [4.78, 5) is 30.8. The van der Waals surface area contributed by atoms with E-state index in [0.29, 0.717) is 35.2 Å². The summed E-state index contributed by atoms with van der Waals surface area (Å²) in [5, 5.41) is 1.88. The van der Waals surface area contributed by atoms with E-state index in [-0.39, 0.29) is 11.7 Å². The maximum Gasteiger partial charge on any atom is 0.254 e. The van der Waals surface area contributed by atoms with Crippen LogP contribution in [-0.4, -0.2) is 66.9 Å². The molecule has 2 aliphatic rings. The van der Waals surface area contributed by atoms with E-state index in [1.807, 2.05) is 28.5 Å². The predicted octanol–water partition coefficient (Wildman–Crippen LogP) is 2.92. The molecule has 5 nitrogen and oxygen atoms in total. The maximum absolute atomic E-state index is 13.1. The zero-order valence-corrected chi connectivity index (χ0v) is 16.1. The van der Waals surface area contributed by atoms with E-state index in [1.165, 1.54) is 11.3 Å². The lowest BCUT2D eigenvalue weighted by molar-refractivity contribution is 0.0431. The minimum Gasteiger partial charge on any atom is -0.377 e. The first-order chi connectivity index (χ1) is 13.2. The summed E-state index contributed by atoms with van der Waals surface area (Å²) in [5.41, 5.74) is 0.996. The molecule has 1 atom stereocenters. The highest BCUT2D eigenvalue weighted by atomic mass is 32.1. The van der Waals surface area contributed by atoms with Gasteiger partial charge in [-0.15, -0.1) is 11.3 Å². The van der Waals surface area contributed by atoms with Crippen LogP contribution in [0.5, 0.6) is 0 Å². The number of thiophene rings is 1. The molecule has 27 heavy (non-hydrogen) atoms. The van der Waals surface area contributed by atoms with Crippen molar-refractivity contribution in [1.82, 2.24) is 9.80 Å². The number of hydrogen-bond donors (Lipinski definition) is 0. The smallest absolute Gasteiger partial charge is 0.254 e. The monoisotopic (exact) mass is 384 g/mol. The topological polar surface area (TPSA) is 49.9 Å². The molecule has 1 unspecified atom stereocenters. The molecule has 1 aromatic carbocycles. The molecular formula is C21H24N2O3S. The average Bonchev–Trinajstić information content (AvgIpc) is 3.42. The van der Waals surface area contributed by atoms with Gasteiger partial charge >= 0.3 is 0 Å². The second kappa shape index (κ2) is 8.33. The van der Waals surface area contributed by atoms with Crippen molar-refractivity contribution in [3.8, 4) is 0 Å². The summed E-state index contributed by atoms with van der Waals surface area (Å²) in [6.07, 6.45) is 2.63. The second-order valence-corrected chi connectivity index (χ2v) is 8.03. The fraction of sp³-hybridized carbons (Fsp3) is 0.429. The largest absolute Gasteiger partial charge is 0.377 e. The van der Waals surface area contributed by atoms with Crippen LogP contribution in [0, 0.1) is 0 Å². The van der Waals surface area contributed by atoms with Gasteiger partial charge in [0.1, 0.15) is 0 Å². The van der Waals surface area contributed by atoms with E-state index in [2.05, 4.69) is 4.90 Å². The van der Waals surface area contributed by atoms with Gasteiger partial charge in [0.05, 0.1) is 16.5 Å².